The van der Waals surface area contributed by atoms with Crippen LogP contribution in [-0.4, -0.2) is 20.6 Å². The van der Waals surface area contributed by atoms with Crippen LogP contribution in [0, 0.1) is 12.7 Å². The Morgan fingerprint density at radius 1 is 1.53 bits per heavy atom. The molecular weight excluding hydrogens is 223 g/mol. The maximum atomic E-state index is 13.4. The van der Waals surface area contributed by atoms with Gasteiger partial charge in [-0.2, -0.15) is 0 Å². The smallest absolute Gasteiger partial charge is 0.303 e. The predicted molar refractivity (Wildman–Crippen MR) is 61.4 cm³/mol. The molecule has 0 radical (unpaired) electrons. The number of fused-ring (bicyclic) bond motifs is 1. The fourth-order valence-electron chi connectivity index (χ4n) is 1.81. The molecular formula is C12H13FN2O2. The van der Waals surface area contributed by atoms with Crippen molar-refractivity contribution >= 4 is 17.0 Å². The van der Waals surface area contributed by atoms with Gasteiger partial charge >= 0.3 is 5.97 Å². The number of carbonyl (C=O) groups is 1. The number of aliphatic carboxylic acids is 1. The van der Waals surface area contributed by atoms with Crippen LogP contribution in [0.2, 0.25) is 0 Å². The summed E-state index contributed by atoms with van der Waals surface area (Å²) in [7, 11) is 1.77. The van der Waals surface area contributed by atoms with E-state index in [9.17, 15) is 9.18 Å². The number of aromatic nitrogens is 2. The number of nitrogens with zero attached hydrogens (tertiary/aromatic N) is 2. The second-order valence-electron chi connectivity index (χ2n) is 4.07. The summed E-state index contributed by atoms with van der Waals surface area (Å²) in [5, 5.41) is 8.63. The Labute approximate surface area is 97.7 Å². The average molecular weight is 236 g/mol. The van der Waals surface area contributed by atoms with Crippen molar-refractivity contribution < 1.29 is 14.3 Å². The van der Waals surface area contributed by atoms with E-state index in [1.54, 1.807) is 24.6 Å². The van der Waals surface area contributed by atoms with Gasteiger partial charge in [0.2, 0.25) is 0 Å². The monoisotopic (exact) mass is 236 g/mol. The highest BCUT2D eigenvalue weighted by Crippen LogP contribution is 2.19. The zero-order valence-corrected chi connectivity index (χ0v) is 9.70. The van der Waals surface area contributed by atoms with Gasteiger partial charge in [-0.25, -0.2) is 9.37 Å². The summed E-state index contributed by atoms with van der Waals surface area (Å²) in [5.74, 6) is -0.475. The molecule has 0 aliphatic carbocycles. The Balaban J connectivity index is 2.45. The number of imidazole rings is 1. The zero-order valence-electron chi connectivity index (χ0n) is 9.70. The summed E-state index contributed by atoms with van der Waals surface area (Å²) < 4.78 is 15.2. The number of hydrogen-bond donors (Lipinski definition) is 1. The van der Waals surface area contributed by atoms with E-state index in [2.05, 4.69) is 4.98 Å². The number of carboxylic acid groups (broad SMARTS) is 1. The summed E-state index contributed by atoms with van der Waals surface area (Å²) >= 11 is 0. The first-order valence-corrected chi connectivity index (χ1v) is 5.32. The summed E-state index contributed by atoms with van der Waals surface area (Å²) in [6, 6.07) is 3.11. The number of carboxylic acids is 1. The lowest BCUT2D eigenvalue weighted by Gasteiger charge is -2.00. The van der Waals surface area contributed by atoms with Crippen LogP contribution in [0.3, 0.4) is 0 Å². The number of rotatable bonds is 3. The minimum absolute atomic E-state index is 0.0264. The average Bonchev–Trinajstić information content (AvgIpc) is 2.54. The molecule has 4 nitrogen and oxygen atoms in total. The summed E-state index contributed by atoms with van der Waals surface area (Å²) in [5.41, 5.74) is 1.93. The van der Waals surface area contributed by atoms with Gasteiger partial charge in [0.1, 0.15) is 11.6 Å². The highest BCUT2D eigenvalue weighted by atomic mass is 19.1. The van der Waals surface area contributed by atoms with E-state index in [1.165, 1.54) is 6.07 Å². The van der Waals surface area contributed by atoms with Crippen LogP contribution in [0.4, 0.5) is 4.39 Å². The Bertz CT molecular complexity index is 590. The van der Waals surface area contributed by atoms with Crippen LogP contribution in [0.1, 0.15) is 17.8 Å². The Morgan fingerprint density at radius 3 is 2.88 bits per heavy atom. The molecule has 2 aromatic rings. The van der Waals surface area contributed by atoms with Crippen molar-refractivity contribution in [3.63, 3.8) is 0 Å². The zero-order chi connectivity index (χ0) is 12.6. The second-order valence-corrected chi connectivity index (χ2v) is 4.07. The molecule has 17 heavy (non-hydrogen) atoms. The van der Waals surface area contributed by atoms with Crippen LogP contribution in [-0.2, 0) is 18.3 Å². The largest absolute Gasteiger partial charge is 0.481 e. The van der Waals surface area contributed by atoms with Gasteiger partial charge in [0.25, 0.3) is 0 Å². The predicted octanol–water partition coefficient (Wildman–Crippen LogP) is 2.04. The topological polar surface area (TPSA) is 55.1 Å². The van der Waals surface area contributed by atoms with E-state index in [-0.39, 0.29) is 12.2 Å². The van der Waals surface area contributed by atoms with Gasteiger partial charge in [-0.05, 0) is 18.6 Å². The first-order chi connectivity index (χ1) is 7.99. The first-order valence-electron chi connectivity index (χ1n) is 5.32. The SMILES string of the molecule is Cc1cc2nc(CCC(=O)O)n(C)c2cc1F. The molecule has 90 valence electrons. The number of benzene rings is 1. The van der Waals surface area contributed by atoms with Crippen LogP contribution in [0.25, 0.3) is 11.0 Å². The van der Waals surface area contributed by atoms with Gasteiger partial charge in [-0.1, -0.05) is 0 Å². The molecule has 0 amide bonds. The van der Waals surface area contributed by atoms with E-state index in [0.29, 0.717) is 28.8 Å². The summed E-state index contributed by atoms with van der Waals surface area (Å²) in [4.78, 5) is 14.8. The molecule has 1 N–H and O–H groups in total. The van der Waals surface area contributed by atoms with E-state index in [4.69, 9.17) is 5.11 Å². The fourth-order valence-corrected chi connectivity index (χ4v) is 1.81. The van der Waals surface area contributed by atoms with Gasteiger partial charge in [0, 0.05) is 19.5 Å². The maximum Gasteiger partial charge on any atom is 0.303 e. The molecule has 0 saturated carbocycles. The Morgan fingerprint density at radius 2 is 2.24 bits per heavy atom. The molecule has 0 fully saturated rings. The van der Waals surface area contributed by atoms with E-state index >= 15 is 0 Å². The molecule has 0 bridgehead atoms. The lowest BCUT2D eigenvalue weighted by molar-refractivity contribution is -0.137. The van der Waals surface area contributed by atoms with Crippen LogP contribution >= 0.6 is 0 Å². The van der Waals surface area contributed by atoms with E-state index in [0.717, 1.165) is 0 Å². The van der Waals surface area contributed by atoms with Crippen molar-refractivity contribution in [2.45, 2.75) is 19.8 Å². The molecule has 0 spiro atoms. The second kappa shape index (κ2) is 4.16. The highest BCUT2D eigenvalue weighted by Gasteiger charge is 2.11. The third-order valence-electron chi connectivity index (χ3n) is 2.82. The molecule has 1 heterocycles. The number of hydrogen-bond acceptors (Lipinski definition) is 2. The molecule has 2 rings (SSSR count). The molecule has 1 aromatic carbocycles. The van der Waals surface area contributed by atoms with Crippen LogP contribution in [0.15, 0.2) is 12.1 Å². The van der Waals surface area contributed by atoms with Crippen molar-refractivity contribution in [3.05, 3.63) is 29.3 Å². The Kier molecular flexibility index (Phi) is 2.83. The van der Waals surface area contributed by atoms with Gasteiger partial charge in [-0.15, -0.1) is 0 Å². The number of aryl methyl sites for hydroxylation is 3. The van der Waals surface area contributed by atoms with Gasteiger partial charge in [-0.3, -0.25) is 4.79 Å². The van der Waals surface area contributed by atoms with Crippen molar-refractivity contribution in [2.75, 3.05) is 0 Å². The normalized spacial score (nSPS) is 11.0. The van der Waals surface area contributed by atoms with Gasteiger partial charge < -0.3 is 9.67 Å². The molecule has 0 aliphatic rings. The molecule has 0 unspecified atom stereocenters. The van der Waals surface area contributed by atoms with E-state index in [1.807, 2.05) is 0 Å². The third kappa shape index (κ3) is 2.13. The van der Waals surface area contributed by atoms with Crippen molar-refractivity contribution in [3.8, 4) is 0 Å². The van der Waals surface area contributed by atoms with Crippen molar-refractivity contribution in [2.24, 2.45) is 7.05 Å². The van der Waals surface area contributed by atoms with Crippen LogP contribution < -0.4 is 0 Å². The summed E-state index contributed by atoms with van der Waals surface area (Å²) in [6.07, 6.45) is 0.375. The first kappa shape index (κ1) is 11.6. The molecule has 5 heteroatoms. The summed E-state index contributed by atoms with van der Waals surface area (Å²) in [6.45, 7) is 1.68. The number of halogens is 1. The highest BCUT2D eigenvalue weighted by molar-refractivity contribution is 5.77. The molecule has 0 atom stereocenters. The lowest BCUT2D eigenvalue weighted by atomic mass is 10.2. The minimum Gasteiger partial charge on any atom is -0.481 e. The maximum absolute atomic E-state index is 13.4. The van der Waals surface area contributed by atoms with Crippen molar-refractivity contribution in [1.82, 2.24) is 9.55 Å². The molecule has 1 aromatic heterocycles. The Hall–Kier alpha value is -1.91. The standard InChI is InChI=1S/C12H13FN2O2/c1-7-5-9-10(6-8(7)13)15(2)11(14-9)3-4-12(16)17/h5-6H,3-4H2,1-2H3,(H,16,17). The van der Waals surface area contributed by atoms with Crippen molar-refractivity contribution in [1.29, 1.82) is 0 Å². The molecule has 0 aliphatic heterocycles. The molecule has 0 saturated heterocycles. The quantitative estimate of drug-likeness (QED) is 0.887. The van der Waals surface area contributed by atoms with Gasteiger partial charge in [0.05, 0.1) is 17.5 Å². The lowest BCUT2D eigenvalue weighted by Crippen LogP contribution is -2.03. The third-order valence-corrected chi connectivity index (χ3v) is 2.82. The van der Waals surface area contributed by atoms with Gasteiger partial charge in [0.15, 0.2) is 0 Å². The minimum atomic E-state index is -0.862. The fraction of sp³-hybridized carbons (Fsp3) is 0.333. The van der Waals surface area contributed by atoms with Crippen LogP contribution in [0.5, 0.6) is 0 Å². The van der Waals surface area contributed by atoms with E-state index < -0.39 is 5.97 Å².